The summed E-state index contributed by atoms with van der Waals surface area (Å²) in [6, 6.07) is 4.20. The highest BCUT2D eigenvalue weighted by Gasteiger charge is 2.16. The Kier molecular flexibility index (Phi) is 2.19. The molecule has 70 valence electrons. The predicted molar refractivity (Wildman–Crippen MR) is 53.8 cm³/mol. The van der Waals surface area contributed by atoms with Crippen molar-refractivity contribution in [2.24, 2.45) is 0 Å². The van der Waals surface area contributed by atoms with E-state index < -0.39 is 0 Å². The molecule has 1 fully saturated rings. The molecule has 0 amide bonds. The summed E-state index contributed by atoms with van der Waals surface area (Å²) < 4.78 is 0. The molecular formula is C10H15N3. The molecule has 1 aromatic heterocycles. The second-order valence-corrected chi connectivity index (χ2v) is 3.68. The quantitative estimate of drug-likeness (QED) is 0.640. The molecule has 1 aromatic rings. The summed E-state index contributed by atoms with van der Waals surface area (Å²) in [5, 5.41) is 0. The van der Waals surface area contributed by atoms with Crippen molar-refractivity contribution in [3.05, 3.63) is 23.9 Å². The number of aromatic nitrogens is 1. The molecule has 2 rings (SSSR count). The van der Waals surface area contributed by atoms with Crippen molar-refractivity contribution in [3.63, 3.8) is 0 Å². The maximum Gasteiger partial charge on any atom is 0.129 e. The highest BCUT2D eigenvalue weighted by atomic mass is 15.4. The third-order valence-corrected chi connectivity index (χ3v) is 2.38. The van der Waals surface area contributed by atoms with Crippen molar-refractivity contribution in [3.8, 4) is 0 Å². The number of rotatable bonds is 1. The Morgan fingerprint density at radius 1 is 1.31 bits per heavy atom. The molecule has 3 heteroatoms. The second-order valence-electron chi connectivity index (χ2n) is 3.68. The molecule has 0 aromatic carbocycles. The van der Waals surface area contributed by atoms with Gasteiger partial charge in [-0.2, -0.15) is 0 Å². The molecule has 1 aliphatic rings. The number of nitrogens with zero attached hydrogens (tertiary/aromatic N) is 3. The van der Waals surface area contributed by atoms with Crippen LogP contribution in [-0.2, 0) is 0 Å². The van der Waals surface area contributed by atoms with E-state index in [9.17, 15) is 0 Å². The predicted octanol–water partition coefficient (Wildman–Crippen LogP) is 1.10. The maximum atomic E-state index is 4.39. The van der Waals surface area contributed by atoms with E-state index in [0.717, 1.165) is 25.6 Å². The van der Waals surface area contributed by atoms with E-state index in [-0.39, 0.29) is 0 Å². The van der Waals surface area contributed by atoms with Crippen molar-refractivity contribution in [1.82, 2.24) is 9.88 Å². The Morgan fingerprint density at radius 3 is 2.69 bits per heavy atom. The summed E-state index contributed by atoms with van der Waals surface area (Å²) in [6.07, 6.45) is 1.92. The first kappa shape index (κ1) is 8.51. The Labute approximate surface area is 79.0 Å². The summed E-state index contributed by atoms with van der Waals surface area (Å²) >= 11 is 0. The van der Waals surface area contributed by atoms with Crippen LogP contribution in [0.1, 0.15) is 5.56 Å². The van der Waals surface area contributed by atoms with Gasteiger partial charge in [-0.1, -0.05) is 6.07 Å². The van der Waals surface area contributed by atoms with Crippen LogP contribution in [0.15, 0.2) is 18.3 Å². The van der Waals surface area contributed by atoms with E-state index >= 15 is 0 Å². The lowest BCUT2D eigenvalue weighted by Crippen LogP contribution is -2.23. The fourth-order valence-corrected chi connectivity index (χ4v) is 1.56. The molecule has 0 spiro atoms. The number of hydrogen-bond donors (Lipinski definition) is 0. The minimum absolute atomic E-state index is 0.996. The summed E-state index contributed by atoms with van der Waals surface area (Å²) in [6.45, 7) is 5.28. The van der Waals surface area contributed by atoms with E-state index in [1.807, 2.05) is 6.20 Å². The number of likely N-dealkylation sites (N-methyl/N-ethyl adjacent to an activating group) is 1. The molecule has 0 aliphatic carbocycles. The van der Waals surface area contributed by atoms with E-state index in [0.29, 0.717) is 0 Å². The van der Waals surface area contributed by atoms with Crippen molar-refractivity contribution in [1.29, 1.82) is 0 Å². The number of anilines is 1. The summed E-state index contributed by atoms with van der Waals surface area (Å²) in [5.74, 6) is 1.09. The standard InChI is InChI=1S/C10H15N3/c1-9-3-4-10(11-7-9)13-6-5-12(2)8-13/h3-4,7H,5-6,8H2,1-2H3. The lowest BCUT2D eigenvalue weighted by atomic mass is 10.3. The summed E-state index contributed by atoms with van der Waals surface area (Å²) in [7, 11) is 2.13. The first-order valence-electron chi connectivity index (χ1n) is 4.62. The Morgan fingerprint density at radius 2 is 2.15 bits per heavy atom. The van der Waals surface area contributed by atoms with E-state index in [1.54, 1.807) is 0 Å². The largest absolute Gasteiger partial charge is 0.342 e. The average molecular weight is 177 g/mol. The molecule has 2 heterocycles. The minimum Gasteiger partial charge on any atom is -0.342 e. The van der Waals surface area contributed by atoms with Crippen LogP contribution in [0, 0.1) is 6.92 Å². The SMILES string of the molecule is Cc1ccc(N2CCN(C)C2)nc1. The van der Waals surface area contributed by atoms with Gasteiger partial charge in [-0.25, -0.2) is 4.98 Å². The lowest BCUT2D eigenvalue weighted by Gasteiger charge is -2.16. The average Bonchev–Trinajstić information content (AvgIpc) is 2.53. The van der Waals surface area contributed by atoms with Gasteiger partial charge < -0.3 is 4.90 Å². The molecule has 0 radical (unpaired) electrons. The second kappa shape index (κ2) is 3.34. The van der Waals surface area contributed by atoms with Crippen LogP contribution in [0.4, 0.5) is 5.82 Å². The first-order valence-corrected chi connectivity index (χ1v) is 4.62. The normalized spacial score (nSPS) is 18.2. The van der Waals surface area contributed by atoms with Gasteiger partial charge in [0.2, 0.25) is 0 Å². The van der Waals surface area contributed by atoms with Crippen LogP contribution in [0.25, 0.3) is 0 Å². The van der Waals surface area contributed by atoms with Crippen molar-refractivity contribution in [2.75, 3.05) is 31.7 Å². The fourth-order valence-electron chi connectivity index (χ4n) is 1.56. The van der Waals surface area contributed by atoms with Crippen LogP contribution in [0.5, 0.6) is 0 Å². The molecule has 0 bridgehead atoms. The van der Waals surface area contributed by atoms with Gasteiger partial charge in [-0.05, 0) is 25.6 Å². The fraction of sp³-hybridized carbons (Fsp3) is 0.500. The van der Waals surface area contributed by atoms with Crippen LogP contribution in [-0.4, -0.2) is 36.7 Å². The Balaban J connectivity index is 2.13. The number of pyridine rings is 1. The molecule has 1 saturated heterocycles. The lowest BCUT2D eigenvalue weighted by molar-refractivity contribution is 0.420. The minimum atomic E-state index is 0.996. The van der Waals surface area contributed by atoms with Gasteiger partial charge >= 0.3 is 0 Å². The zero-order valence-electron chi connectivity index (χ0n) is 8.20. The molecule has 13 heavy (non-hydrogen) atoms. The molecule has 0 N–H and O–H groups in total. The molecule has 0 saturated carbocycles. The topological polar surface area (TPSA) is 19.4 Å². The molecule has 1 aliphatic heterocycles. The van der Waals surface area contributed by atoms with Gasteiger partial charge in [0.15, 0.2) is 0 Å². The van der Waals surface area contributed by atoms with Gasteiger partial charge in [0, 0.05) is 19.3 Å². The van der Waals surface area contributed by atoms with Crippen LogP contribution in [0.3, 0.4) is 0 Å². The first-order chi connectivity index (χ1) is 6.25. The Hall–Kier alpha value is -1.09. The summed E-state index contributed by atoms with van der Waals surface area (Å²) in [5.41, 5.74) is 1.22. The van der Waals surface area contributed by atoms with Crippen LogP contribution < -0.4 is 4.90 Å². The number of hydrogen-bond acceptors (Lipinski definition) is 3. The van der Waals surface area contributed by atoms with Crippen molar-refractivity contribution >= 4 is 5.82 Å². The third kappa shape index (κ3) is 1.80. The molecule has 0 unspecified atom stereocenters. The maximum absolute atomic E-state index is 4.39. The molecular weight excluding hydrogens is 162 g/mol. The summed E-state index contributed by atoms with van der Waals surface area (Å²) in [4.78, 5) is 8.98. The third-order valence-electron chi connectivity index (χ3n) is 2.38. The van der Waals surface area contributed by atoms with Gasteiger partial charge in [-0.15, -0.1) is 0 Å². The van der Waals surface area contributed by atoms with E-state index in [4.69, 9.17) is 0 Å². The van der Waals surface area contributed by atoms with Crippen molar-refractivity contribution in [2.45, 2.75) is 6.92 Å². The molecule has 0 atom stereocenters. The Bertz CT molecular complexity index is 281. The zero-order valence-corrected chi connectivity index (χ0v) is 8.20. The van der Waals surface area contributed by atoms with E-state index in [1.165, 1.54) is 5.56 Å². The monoisotopic (exact) mass is 177 g/mol. The molecule has 3 nitrogen and oxygen atoms in total. The van der Waals surface area contributed by atoms with Gasteiger partial charge in [0.05, 0.1) is 6.67 Å². The number of aryl methyl sites for hydroxylation is 1. The highest BCUT2D eigenvalue weighted by Crippen LogP contribution is 2.14. The highest BCUT2D eigenvalue weighted by molar-refractivity contribution is 5.39. The van der Waals surface area contributed by atoms with Gasteiger partial charge in [-0.3, -0.25) is 4.90 Å². The van der Waals surface area contributed by atoms with Crippen LogP contribution >= 0.6 is 0 Å². The van der Waals surface area contributed by atoms with Crippen molar-refractivity contribution < 1.29 is 0 Å². The van der Waals surface area contributed by atoms with Gasteiger partial charge in [0.25, 0.3) is 0 Å². The van der Waals surface area contributed by atoms with Gasteiger partial charge in [0.1, 0.15) is 5.82 Å². The zero-order chi connectivity index (χ0) is 9.26. The smallest absolute Gasteiger partial charge is 0.129 e. The van der Waals surface area contributed by atoms with Crippen LogP contribution in [0.2, 0.25) is 0 Å². The van der Waals surface area contributed by atoms with E-state index in [2.05, 4.69) is 40.9 Å².